The molecular formula is C20H44O3Si2Sn. The molecule has 0 bridgehead atoms. The van der Waals surface area contributed by atoms with Gasteiger partial charge in [-0.25, -0.2) is 0 Å². The van der Waals surface area contributed by atoms with Crippen LogP contribution in [0.1, 0.15) is 46.0 Å². The van der Waals surface area contributed by atoms with Crippen molar-refractivity contribution in [2.75, 3.05) is 0 Å². The molecule has 26 heavy (non-hydrogen) atoms. The number of hydrogen-bond acceptors (Lipinski definition) is 3. The van der Waals surface area contributed by atoms with Crippen molar-refractivity contribution in [3.05, 3.63) is 23.4 Å². The van der Waals surface area contributed by atoms with Gasteiger partial charge in [-0.2, -0.15) is 0 Å². The molecule has 1 aliphatic rings. The molecule has 0 radical (unpaired) electrons. The van der Waals surface area contributed by atoms with Gasteiger partial charge < -0.3 is 8.85 Å². The summed E-state index contributed by atoms with van der Waals surface area (Å²) in [5.41, 5.74) is 1.22. The number of allylic oxidation sites excluding steroid dienone is 3. The van der Waals surface area contributed by atoms with Gasteiger partial charge in [-0.1, -0.05) is 6.92 Å². The summed E-state index contributed by atoms with van der Waals surface area (Å²) >= 11 is -1.98. The van der Waals surface area contributed by atoms with Gasteiger partial charge in [0.2, 0.25) is 22.6 Å². The first kappa shape index (κ1) is 26.1. The second kappa shape index (κ2) is 11.2. The van der Waals surface area contributed by atoms with E-state index in [-0.39, 0.29) is 0 Å². The Morgan fingerprint density at radius 3 is 1.77 bits per heavy atom. The van der Waals surface area contributed by atoms with Crippen molar-refractivity contribution >= 4 is 35.4 Å². The third-order valence-corrected chi connectivity index (χ3v) is 7.45. The predicted octanol–water partition coefficient (Wildman–Crippen LogP) is 7.63. The summed E-state index contributed by atoms with van der Waals surface area (Å²) in [6, 6.07) is 0. The maximum atomic E-state index is 6.00. The number of hydrogen-bond donors (Lipinski definition) is 0. The second-order valence-corrected chi connectivity index (χ2v) is 31.5. The zero-order chi connectivity index (χ0) is 20.6. The molecule has 0 heterocycles. The van der Waals surface area contributed by atoms with Crippen LogP contribution in [-0.2, 0) is 11.9 Å². The van der Waals surface area contributed by atoms with E-state index in [0.717, 1.165) is 12.4 Å². The normalized spacial score (nSPS) is 15.3. The van der Waals surface area contributed by atoms with Gasteiger partial charge >= 0.3 is 74.2 Å². The van der Waals surface area contributed by atoms with Crippen molar-refractivity contribution in [2.45, 2.75) is 100 Å². The van der Waals surface area contributed by atoms with E-state index in [1.807, 2.05) is 0 Å². The van der Waals surface area contributed by atoms with Gasteiger partial charge in [-0.05, 0) is 52.6 Å². The molecule has 1 rings (SSSR count). The van der Waals surface area contributed by atoms with E-state index in [1.165, 1.54) is 37.0 Å². The van der Waals surface area contributed by atoms with Crippen LogP contribution in [0.4, 0.5) is 0 Å². The molecule has 0 spiro atoms. The van der Waals surface area contributed by atoms with Crippen LogP contribution in [0.3, 0.4) is 0 Å². The third kappa shape index (κ3) is 15.2. The molecule has 0 aromatic rings. The summed E-state index contributed by atoms with van der Waals surface area (Å²) in [6.45, 7) is 17.3. The summed E-state index contributed by atoms with van der Waals surface area (Å²) in [5.74, 6) is 2.09. The molecule has 154 valence electrons. The van der Waals surface area contributed by atoms with E-state index in [9.17, 15) is 0 Å². The molecule has 0 unspecified atom stereocenters. The Morgan fingerprint density at radius 1 is 0.962 bits per heavy atom. The molecule has 0 aromatic carbocycles. The Kier molecular flexibility index (Phi) is 11.2. The van der Waals surface area contributed by atoms with E-state index in [2.05, 4.69) is 74.0 Å². The van der Waals surface area contributed by atoms with Crippen molar-refractivity contribution in [1.82, 2.24) is 0 Å². The van der Waals surface area contributed by atoms with Gasteiger partial charge in [0, 0.05) is 5.57 Å². The van der Waals surface area contributed by atoms with Gasteiger partial charge in [0.1, 0.15) is 0 Å². The summed E-state index contributed by atoms with van der Waals surface area (Å²) in [5, 5.41) is 0. The first-order valence-corrected chi connectivity index (χ1v) is 26.6. The average molecular weight is 507 g/mol. The Hall–Kier alpha value is 0.112. The molecule has 1 aliphatic carbocycles. The molecule has 0 saturated heterocycles. The summed E-state index contributed by atoms with van der Waals surface area (Å²) < 4.78 is 17.9. The minimum atomic E-state index is -1.98. The number of rotatable bonds is 7. The minimum absolute atomic E-state index is 0.802. The van der Waals surface area contributed by atoms with Gasteiger partial charge in [-0.15, -0.1) is 0 Å². The average Bonchev–Trinajstić information content (AvgIpc) is 2.42. The molecule has 0 aromatic heterocycles. The van der Waals surface area contributed by atoms with E-state index in [0.29, 0.717) is 0 Å². The zero-order valence-electron chi connectivity index (χ0n) is 19.3. The van der Waals surface area contributed by atoms with Crippen molar-refractivity contribution in [3.8, 4) is 0 Å². The van der Waals surface area contributed by atoms with Crippen LogP contribution in [0, 0.1) is 0 Å². The Bertz CT molecular complexity index is 463. The summed E-state index contributed by atoms with van der Waals surface area (Å²) in [7, 11) is -3.12. The van der Waals surface area contributed by atoms with Gasteiger partial charge in [-0.3, -0.25) is 0 Å². The molecule has 0 atom stereocenters. The predicted molar refractivity (Wildman–Crippen MR) is 123 cm³/mol. The monoisotopic (exact) mass is 508 g/mol. The van der Waals surface area contributed by atoms with Crippen molar-refractivity contribution in [2.24, 2.45) is 0 Å². The Morgan fingerprint density at radius 2 is 1.46 bits per heavy atom. The van der Waals surface area contributed by atoms with E-state index in [1.54, 1.807) is 0 Å². The topological polar surface area (TPSA) is 27.7 Å². The molecule has 0 saturated carbocycles. The van der Waals surface area contributed by atoms with Crippen LogP contribution in [0.5, 0.6) is 0 Å². The van der Waals surface area contributed by atoms with Crippen LogP contribution in [-0.4, -0.2) is 35.4 Å². The molecule has 3 nitrogen and oxygen atoms in total. The quantitative estimate of drug-likeness (QED) is 0.262. The molecule has 6 heteroatoms. The Balaban J connectivity index is 0.000000502. The van der Waals surface area contributed by atoms with Crippen molar-refractivity contribution < 1.29 is 11.9 Å². The molecule has 0 fully saturated rings. The maximum absolute atomic E-state index is 6.00. The fourth-order valence-corrected chi connectivity index (χ4v) is 6.59. The van der Waals surface area contributed by atoms with Gasteiger partial charge in [0.25, 0.3) is 0 Å². The van der Waals surface area contributed by atoms with Crippen LogP contribution in [0.15, 0.2) is 23.4 Å². The zero-order valence-corrected chi connectivity index (χ0v) is 24.2. The third-order valence-electron chi connectivity index (χ3n) is 3.36. The summed E-state index contributed by atoms with van der Waals surface area (Å²) in [6.07, 6.45) is 8.38. The molecular weight excluding hydrogens is 463 g/mol. The summed E-state index contributed by atoms with van der Waals surface area (Å²) in [4.78, 5) is 6.93. The standard InChI is InChI=1S/C11H26O2Si2.C6H10O.3CH3.Sn/c1-9-10(2)11(12-14(3,4)5)13-15(6,7)8;7-6-4-2-1-3-5-6;;;;/h9H2,1-8H3;4,7H,1-3,5H2;3*1H3;/q;;;;;+1/p-1. The van der Waals surface area contributed by atoms with E-state index in [4.69, 9.17) is 11.9 Å². The van der Waals surface area contributed by atoms with Crippen LogP contribution in [0.25, 0.3) is 0 Å². The van der Waals surface area contributed by atoms with Crippen LogP contribution >= 0.6 is 0 Å². The fourth-order valence-electron chi connectivity index (χ4n) is 2.19. The van der Waals surface area contributed by atoms with E-state index < -0.39 is 35.4 Å². The second-order valence-electron chi connectivity index (χ2n) is 9.98. The van der Waals surface area contributed by atoms with E-state index >= 15 is 0 Å². The van der Waals surface area contributed by atoms with Gasteiger partial charge in [0.15, 0.2) is 0 Å². The molecule has 0 N–H and O–H groups in total. The van der Waals surface area contributed by atoms with Crippen LogP contribution in [0.2, 0.25) is 54.1 Å². The van der Waals surface area contributed by atoms with Gasteiger partial charge in [0.05, 0.1) is 0 Å². The van der Waals surface area contributed by atoms with Crippen molar-refractivity contribution in [1.29, 1.82) is 0 Å². The SMILES string of the molecule is CCC(C)=C(O[Si](C)(C)C)O[Si](C)(C)C.[CH3][Sn]([CH3])([CH3])[O]C1=CCCCC1. The van der Waals surface area contributed by atoms with Crippen molar-refractivity contribution in [3.63, 3.8) is 0 Å². The Labute approximate surface area is 170 Å². The molecule has 0 aliphatic heterocycles. The fraction of sp³-hybridized carbons (Fsp3) is 0.800. The first-order chi connectivity index (χ1) is 11.6. The molecule has 0 amide bonds. The van der Waals surface area contributed by atoms with Crippen LogP contribution < -0.4 is 0 Å². The first-order valence-electron chi connectivity index (χ1n) is 10.1.